The third kappa shape index (κ3) is 2.83. The Bertz CT molecular complexity index is 857. The van der Waals surface area contributed by atoms with E-state index in [9.17, 15) is 14.4 Å². The van der Waals surface area contributed by atoms with Crippen LogP contribution >= 0.6 is 0 Å². The van der Waals surface area contributed by atoms with E-state index in [0.29, 0.717) is 5.69 Å². The molecule has 4 amide bonds. The molecule has 134 valence electrons. The quantitative estimate of drug-likeness (QED) is 0.797. The van der Waals surface area contributed by atoms with Crippen molar-refractivity contribution in [1.29, 1.82) is 0 Å². The van der Waals surface area contributed by atoms with Gasteiger partial charge in [-0.25, -0.2) is 9.78 Å². The van der Waals surface area contributed by atoms with Crippen LogP contribution in [0.3, 0.4) is 0 Å². The van der Waals surface area contributed by atoms with Crippen molar-refractivity contribution in [2.45, 2.75) is 25.3 Å². The minimum Gasteiger partial charge on any atom is -0.325 e. The second-order valence-corrected chi connectivity index (χ2v) is 6.86. The minimum atomic E-state index is -0.871. The molecular formula is C18H19N5O3. The van der Waals surface area contributed by atoms with Gasteiger partial charge in [0.1, 0.15) is 12.1 Å². The Balaban J connectivity index is 1.39. The number of rotatable bonds is 5. The van der Waals surface area contributed by atoms with Gasteiger partial charge in [-0.15, -0.1) is 0 Å². The van der Waals surface area contributed by atoms with Gasteiger partial charge in [-0.2, -0.15) is 0 Å². The molecule has 2 fully saturated rings. The summed E-state index contributed by atoms with van der Waals surface area (Å²) in [4.78, 5) is 41.9. The van der Waals surface area contributed by atoms with Gasteiger partial charge in [-0.05, 0) is 49.9 Å². The van der Waals surface area contributed by atoms with Crippen molar-refractivity contribution in [2.24, 2.45) is 5.92 Å². The van der Waals surface area contributed by atoms with Gasteiger partial charge in [0.15, 0.2) is 0 Å². The molecule has 1 unspecified atom stereocenters. The first-order valence-electron chi connectivity index (χ1n) is 8.50. The van der Waals surface area contributed by atoms with Crippen LogP contribution in [0.1, 0.15) is 19.8 Å². The normalized spacial score (nSPS) is 22.4. The number of imide groups is 1. The van der Waals surface area contributed by atoms with Gasteiger partial charge >= 0.3 is 6.03 Å². The van der Waals surface area contributed by atoms with Gasteiger partial charge in [0.05, 0.1) is 6.33 Å². The van der Waals surface area contributed by atoms with Gasteiger partial charge in [0, 0.05) is 23.8 Å². The first-order chi connectivity index (χ1) is 12.5. The third-order valence-electron chi connectivity index (χ3n) is 4.95. The van der Waals surface area contributed by atoms with E-state index in [0.717, 1.165) is 23.4 Å². The summed E-state index contributed by atoms with van der Waals surface area (Å²) < 4.78 is 1.84. The number of carbonyl (C=O) groups excluding carboxylic acids is 3. The molecule has 4 rings (SSSR count). The van der Waals surface area contributed by atoms with Crippen LogP contribution in [-0.4, -0.2) is 44.4 Å². The Kier molecular flexibility index (Phi) is 3.75. The molecule has 1 saturated heterocycles. The summed E-state index contributed by atoms with van der Waals surface area (Å²) in [5.74, 6) is -0.567. The van der Waals surface area contributed by atoms with Crippen LogP contribution in [0.15, 0.2) is 43.0 Å². The van der Waals surface area contributed by atoms with Crippen LogP contribution in [0.25, 0.3) is 5.69 Å². The lowest BCUT2D eigenvalue weighted by molar-refractivity contribution is -0.134. The maximum absolute atomic E-state index is 12.5. The highest BCUT2D eigenvalue weighted by molar-refractivity contribution is 6.10. The predicted molar refractivity (Wildman–Crippen MR) is 93.6 cm³/mol. The predicted octanol–water partition coefficient (Wildman–Crippen LogP) is 1.53. The molecule has 2 N–H and O–H groups in total. The van der Waals surface area contributed by atoms with E-state index in [2.05, 4.69) is 15.6 Å². The second-order valence-electron chi connectivity index (χ2n) is 6.86. The van der Waals surface area contributed by atoms with Crippen LogP contribution in [0.4, 0.5) is 10.5 Å². The SMILES string of the molecule is CC1(C2CC2)NC(=O)N(CC(=O)Nc2ccc(-n3ccnc3)cc2)C1=O. The molecule has 2 aliphatic rings. The fraction of sp³-hybridized carbons (Fsp3) is 0.333. The molecule has 8 heteroatoms. The Morgan fingerprint density at radius 2 is 2.04 bits per heavy atom. The summed E-state index contributed by atoms with van der Waals surface area (Å²) in [6.07, 6.45) is 7.03. The molecule has 2 heterocycles. The van der Waals surface area contributed by atoms with Gasteiger partial charge in [-0.1, -0.05) is 0 Å². The van der Waals surface area contributed by atoms with Crippen molar-refractivity contribution >= 4 is 23.5 Å². The minimum absolute atomic E-state index is 0.169. The molecular weight excluding hydrogens is 334 g/mol. The number of imidazole rings is 1. The largest absolute Gasteiger partial charge is 0.325 e. The number of nitrogens with zero attached hydrogens (tertiary/aromatic N) is 3. The maximum atomic E-state index is 12.5. The molecule has 26 heavy (non-hydrogen) atoms. The molecule has 0 radical (unpaired) electrons. The summed E-state index contributed by atoms with van der Waals surface area (Å²) in [5, 5.41) is 5.45. The number of benzene rings is 1. The molecule has 1 saturated carbocycles. The topological polar surface area (TPSA) is 96.3 Å². The Labute approximate surface area is 150 Å². The average molecular weight is 353 g/mol. The standard InChI is InChI=1S/C18H19N5O3/c1-18(12-2-3-12)16(25)23(17(26)21-18)10-15(24)20-13-4-6-14(7-5-13)22-9-8-19-11-22/h4-9,11-12H,2-3,10H2,1H3,(H,20,24)(H,21,26). The zero-order valence-corrected chi connectivity index (χ0v) is 14.3. The second kappa shape index (κ2) is 5.98. The van der Waals surface area contributed by atoms with E-state index < -0.39 is 17.5 Å². The summed E-state index contributed by atoms with van der Waals surface area (Å²) in [6, 6.07) is 6.69. The van der Waals surface area contributed by atoms with Crippen molar-refractivity contribution in [3.63, 3.8) is 0 Å². The van der Waals surface area contributed by atoms with E-state index in [1.165, 1.54) is 0 Å². The highest BCUT2D eigenvalue weighted by atomic mass is 16.2. The summed E-state index contributed by atoms with van der Waals surface area (Å²) >= 11 is 0. The number of anilines is 1. The van der Waals surface area contributed by atoms with Gasteiger partial charge < -0.3 is 15.2 Å². The van der Waals surface area contributed by atoms with Crippen molar-refractivity contribution in [3.8, 4) is 5.69 Å². The van der Waals surface area contributed by atoms with E-state index in [-0.39, 0.29) is 18.4 Å². The molecule has 1 atom stereocenters. The summed E-state index contributed by atoms with van der Waals surface area (Å²) in [6.45, 7) is 1.44. The number of urea groups is 1. The van der Waals surface area contributed by atoms with Gasteiger partial charge in [0.25, 0.3) is 5.91 Å². The van der Waals surface area contributed by atoms with Crippen molar-refractivity contribution in [2.75, 3.05) is 11.9 Å². The fourth-order valence-corrected chi connectivity index (χ4v) is 3.27. The lowest BCUT2D eigenvalue weighted by atomic mass is 9.96. The van der Waals surface area contributed by atoms with Crippen molar-refractivity contribution in [1.82, 2.24) is 19.8 Å². The van der Waals surface area contributed by atoms with Crippen molar-refractivity contribution < 1.29 is 14.4 Å². The van der Waals surface area contributed by atoms with Crippen molar-refractivity contribution in [3.05, 3.63) is 43.0 Å². The molecule has 1 aromatic carbocycles. The monoisotopic (exact) mass is 353 g/mol. The van der Waals surface area contributed by atoms with E-state index in [1.807, 2.05) is 22.9 Å². The van der Waals surface area contributed by atoms with Crippen LogP contribution in [-0.2, 0) is 9.59 Å². The van der Waals surface area contributed by atoms with Gasteiger partial charge in [0.2, 0.25) is 5.91 Å². The zero-order valence-electron chi connectivity index (χ0n) is 14.3. The van der Waals surface area contributed by atoms with Crippen LogP contribution < -0.4 is 10.6 Å². The number of nitrogens with one attached hydrogen (secondary N) is 2. The molecule has 2 aromatic rings. The lowest BCUT2D eigenvalue weighted by Crippen LogP contribution is -2.46. The molecule has 1 aliphatic heterocycles. The first kappa shape index (κ1) is 16.3. The molecule has 1 aliphatic carbocycles. The lowest BCUT2D eigenvalue weighted by Gasteiger charge is -2.20. The average Bonchev–Trinajstić information content (AvgIpc) is 3.30. The molecule has 1 aromatic heterocycles. The fourth-order valence-electron chi connectivity index (χ4n) is 3.27. The number of hydrogen-bond donors (Lipinski definition) is 2. The van der Waals surface area contributed by atoms with E-state index in [4.69, 9.17) is 0 Å². The Hall–Kier alpha value is -3.16. The summed E-state index contributed by atoms with van der Waals surface area (Å²) in [7, 11) is 0. The summed E-state index contributed by atoms with van der Waals surface area (Å²) in [5.41, 5.74) is 0.634. The highest BCUT2D eigenvalue weighted by Gasteiger charge is 2.56. The number of hydrogen-bond acceptors (Lipinski definition) is 4. The third-order valence-corrected chi connectivity index (χ3v) is 4.95. The molecule has 0 spiro atoms. The molecule has 0 bridgehead atoms. The Morgan fingerprint density at radius 1 is 1.31 bits per heavy atom. The van der Waals surface area contributed by atoms with Crippen LogP contribution in [0.5, 0.6) is 0 Å². The Morgan fingerprint density at radius 3 is 2.65 bits per heavy atom. The highest BCUT2D eigenvalue weighted by Crippen LogP contribution is 2.42. The van der Waals surface area contributed by atoms with E-state index in [1.54, 1.807) is 31.6 Å². The first-order valence-corrected chi connectivity index (χ1v) is 8.50. The number of carbonyl (C=O) groups is 3. The zero-order chi connectivity index (χ0) is 18.3. The van der Waals surface area contributed by atoms with E-state index >= 15 is 0 Å². The van der Waals surface area contributed by atoms with Gasteiger partial charge in [-0.3, -0.25) is 14.5 Å². The smallest absolute Gasteiger partial charge is 0.325 e. The maximum Gasteiger partial charge on any atom is 0.325 e. The number of aromatic nitrogens is 2. The number of amides is 4. The van der Waals surface area contributed by atoms with Crippen LogP contribution in [0.2, 0.25) is 0 Å². The molecule has 8 nitrogen and oxygen atoms in total. The van der Waals surface area contributed by atoms with Crippen LogP contribution in [0, 0.1) is 5.92 Å².